The van der Waals surface area contributed by atoms with Gasteiger partial charge in [0.05, 0.1) is 12.1 Å². The van der Waals surface area contributed by atoms with Gasteiger partial charge in [0.25, 0.3) is 0 Å². The summed E-state index contributed by atoms with van der Waals surface area (Å²) in [4.78, 5) is 14.4. The molecule has 3 aromatic rings. The quantitative estimate of drug-likeness (QED) is 0.792. The highest BCUT2D eigenvalue weighted by Gasteiger charge is 2.22. The van der Waals surface area contributed by atoms with Crippen molar-refractivity contribution in [2.75, 3.05) is 13.1 Å². The van der Waals surface area contributed by atoms with E-state index in [1.165, 1.54) is 12.5 Å². The number of hydrogen-bond donors (Lipinski definition) is 1. The fourth-order valence-electron chi connectivity index (χ4n) is 3.76. The molecule has 6 nitrogen and oxygen atoms in total. The molecule has 25 heavy (non-hydrogen) atoms. The highest BCUT2D eigenvalue weighted by molar-refractivity contribution is 5.75. The number of aromatic amines is 1. The normalized spacial score (nSPS) is 18.9. The lowest BCUT2D eigenvalue weighted by molar-refractivity contribution is 0.150. The summed E-state index contributed by atoms with van der Waals surface area (Å²) in [5.74, 6) is 2.91. The van der Waals surface area contributed by atoms with Crippen LogP contribution in [0.4, 0.5) is 4.39 Å². The average molecular weight is 342 g/mol. The number of aryl methyl sites for hydroxylation is 2. The van der Waals surface area contributed by atoms with Crippen LogP contribution in [0.3, 0.4) is 0 Å². The molecule has 0 aliphatic carbocycles. The number of halogens is 1. The molecule has 1 fully saturated rings. The van der Waals surface area contributed by atoms with Gasteiger partial charge in [-0.05, 0) is 51.3 Å². The lowest BCUT2D eigenvalue weighted by atomic mass is 9.98. The number of nitrogens with zero attached hydrogens (tertiary/aromatic N) is 5. The molecule has 0 unspecified atom stereocenters. The number of likely N-dealkylation sites (tertiary alicyclic amines) is 1. The van der Waals surface area contributed by atoms with Crippen molar-refractivity contribution in [3.8, 4) is 0 Å². The summed E-state index contributed by atoms with van der Waals surface area (Å²) in [6.07, 6.45) is 2.36. The fourth-order valence-corrected chi connectivity index (χ4v) is 3.76. The van der Waals surface area contributed by atoms with E-state index in [-0.39, 0.29) is 5.82 Å². The fraction of sp³-hybridized carbons (Fsp3) is 0.500. The average Bonchev–Trinajstić information content (AvgIpc) is 3.11. The van der Waals surface area contributed by atoms with E-state index >= 15 is 0 Å². The molecule has 7 heteroatoms. The van der Waals surface area contributed by atoms with E-state index in [0.717, 1.165) is 55.6 Å². The number of fused-ring (bicyclic) bond motifs is 1. The Balaban J connectivity index is 1.43. The number of rotatable bonds is 4. The van der Waals surface area contributed by atoms with Crippen molar-refractivity contribution in [2.45, 2.75) is 39.8 Å². The Morgan fingerprint density at radius 2 is 2.16 bits per heavy atom. The Bertz CT molecular complexity index is 883. The lowest BCUT2D eigenvalue weighted by Crippen LogP contribution is -2.37. The third kappa shape index (κ3) is 3.42. The van der Waals surface area contributed by atoms with Gasteiger partial charge in [-0.2, -0.15) is 5.10 Å². The Labute approximate surface area is 146 Å². The molecule has 2 aromatic heterocycles. The second-order valence-corrected chi connectivity index (χ2v) is 6.95. The minimum absolute atomic E-state index is 0.270. The first-order chi connectivity index (χ1) is 12.1. The first-order valence-corrected chi connectivity index (χ1v) is 8.82. The smallest absolute Gasteiger partial charge is 0.151 e. The summed E-state index contributed by atoms with van der Waals surface area (Å²) in [7, 11) is 0. The van der Waals surface area contributed by atoms with Gasteiger partial charge in [-0.1, -0.05) is 6.07 Å². The number of aromatic nitrogens is 5. The molecule has 1 aliphatic heterocycles. The zero-order valence-corrected chi connectivity index (χ0v) is 14.7. The Morgan fingerprint density at radius 3 is 2.92 bits per heavy atom. The molecule has 3 heterocycles. The number of para-hydroxylation sites is 1. The third-order valence-electron chi connectivity index (χ3n) is 4.88. The van der Waals surface area contributed by atoms with Gasteiger partial charge in [-0.3, -0.25) is 4.90 Å². The lowest BCUT2D eigenvalue weighted by Gasteiger charge is -2.32. The first kappa shape index (κ1) is 16.2. The number of hydrogen-bond acceptors (Lipinski definition) is 4. The molecule has 0 saturated carbocycles. The molecule has 1 N–H and O–H groups in total. The van der Waals surface area contributed by atoms with Crippen molar-refractivity contribution in [1.29, 1.82) is 0 Å². The van der Waals surface area contributed by atoms with Gasteiger partial charge >= 0.3 is 0 Å². The molecule has 1 atom stereocenters. The van der Waals surface area contributed by atoms with Crippen LogP contribution in [0.1, 0.15) is 30.3 Å². The monoisotopic (exact) mass is 342 g/mol. The second-order valence-electron chi connectivity index (χ2n) is 6.95. The van der Waals surface area contributed by atoms with E-state index in [4.69, 9.17) is 0 Å². The van der Waals surface area contributed by atoms with Gasteiger partial charge in [-0.15, -0.1) is 0 Å². The summed E-state index contributed by atoms with van der Waals surface area (Å²) in [5, 5.41) is 4.48. The van der Waals surface area contributed by atoms with Gasteiger partial charge in [0.15, 0.2) is 5.82 Å². The number of nitrogens with one attached hydrogen (secondary N) is 1. The number of piperidine rings is 1. The van der Waals surface area contributed by atoms with Crippen LogP contribution in [-0.4, -0.2) is 42.7 Å². The predicted octanol–water partition coefficient (Wildman–Crippen LogP) is 2.82. The van der Waals surface area contributed by atoms with Crippen LogP contribution in [0.2, 0.25) is 0 Å². The zero-order valence-electron chi connectivity index (χ0n) is 14.7. The minimum atomic E-state index is -0.270. The number of benzene rings is 1. The SMILES string of the molecule is Cc1nc(C)n(C[C@@H]2CCCN(Cc3nc4c(F)cccc4[nH]3)C2)n1. The largest absolute Gasteiger partial charge is 0.341 e. The summed E-state index contributed by atoms with van der Waals surface area (Å²) >= 11 is 0. The Hall–Kier alpha value is -2.28. The van der Waals surface area contributed by atoms with Crippen LogP contribution in [-0.2, 0) is 13.1 Å². The van der Waals surface area contributed by atoms with Crippen LogP contribution in [0.25, 0.3) is 11.0 Å². The van der Waals surface area contributed by atoms with Crippen molar-refractivity contribution >= 4 is 11.0 Å². The first-order valence-electron chi connectivity index (χ1n) is 8.82. The number of imidazole rings is 1. The maximum atomic E-state index is 13.8. The zero-order chi connectivity index (χ0) is 17.4. The molecule has 0 amide bonds. The minimum Gasteiger partial charge on any atom is -0.341 e. The van der Waals surface area contributed by atoms with E-state index in [1.54, 1.807) is 6.07 Å². The topological polar surface area (TPSA) is 62.6 Å². The van der Waals surface area contributed by atoms with Crippen molar-refractivity contribution in [3.05, 3.63) is 41.5 Å². The molecule has 1 saturated heterocycles. The van der Waals surface area contributed by atoms with Crippen LogP contribution < -0.4 is 0 Å². The molecular weight excluding hydrogens is 319 g/mol. The van der Waals surface area contributed by atoms with Crippen LogP contribution >= 0.6 is 0 Å². The Morgan fingerprint density at radius 1 is 1.28 bits per heavy atom. The summed E-state index contributed by atoms with van der Waals surface area (Å²) in [6, 6.07) is 5.02. The van der Waals surface area contributed by atoms with E-state index in [1.807, 2.05) is 24.6 Å². The Kier molecular flexibility index (Phi) is 4.25. The van der Waals surface area contributed by atoms with Crippen molar-refractivity contribution in [1.82, 2.24) is 29.6 Å². The van der Waals surface area contributed by atoms with E-state index in [0.29, 0.717) is 11.4 Å². The van der Waals surface area contributed by atoms with Crippen LogP contribution in [0, 0.1) is 25.6 Å². The second kappa shape index (κ2) is 6.55. The summed E-state index contributed by atoms with van der Waals surface area (Å²) in [6.45, 7) is 7.60. The maximum Gasteiger partial charge on any atom is 0.151 e. The van der Waals surface area contributed by atoms with Gasteiger partial charge in [-0.25, -0.2) is 19.0 Å². The number of H-pyrrole nitrogens is 1. The van der Waals surface area contributed by atoms with Crippen LogP contribution in [0.15, 0.2) is 18.2 Å². The van der Waals surface area contributed by atoms with Crippen molar-refractivity contribution < 1.29 is 4.39 Å². The van der Waals surface area contributed by atoms with Crippen molar-refractivity contribution in [3.63, 3.8) is 0 Å². The van der Waals surface area contributed by atoms with Gasteiger partial charge in [0.2, 0.25) is 0 Å². The molecule has 0 bridgehead atoms. The van der Waals surface area contributed by atoms with E-state index in [9.17, 15) is 4.39 Å². The van der Waals surface area contributed by atoms with Gasteiger partial charge in [0.1, 0.15) is 23.0 Å². The molecule has 0 radical (unpaired) electrons. The van der Waals surface area contributed by atoms with Crippen molar-refractivity contribution in [2.24, 2.45) is 5.92 Å². The van der Waals surface area contributed by atoms with E-state index < -0.39 is 0 Å². The molecule has 1 aliphatic rings. The van der Waals surface area contributed by atoms with E-state index in [2.05, 4.69) is 25.0 Å². The molecule has 4 rings (SSSR count). The molecule has 132 valence electrons. The highest BCUT2D eigenvalue weighted by Crippen LogP contribution is 2.21. The van der Waals surface area contributed by atoms with Gasteiger partial charge < -0.3 is 4.98 Å². The third-order valence-corrected chi connectivity index (χ3v) is 4.88. The summed E-state index contributed by atoms with van der Waals surface area (Å²) < 4.78 is 15.8. The molecule has 1 aromatic carbocycles. The molecular formula is C18H23FN6. The predicted molar refractivity (Wildman–Crippen MR) is 93.5 cm³/mol. The maximum absolute atomic E-state index is 13.8. The molecule has 0 spiro atoms. The summed E-state index contributed by atoms with van der Waals surface area (Å²) in [5.41, 5.74) is 1.19. The van der Waals surface area contributed by atoms with Crippen LogP contribution in [0.5, 0.6) is 0 Å². The highest BCUT2D eigenvalue weighted by atomic mass is 19.1. The van der Waals surface area contributed by atoms with Gasteiger partial charge in [0, 0.05) is 13.1 Å². The standard InChI is InChI=1S/C18H23FN6/c1-12-20-13(2)25(23-12)10-14-5-4-8-24(9-14)11-17-21-16-7-3-6-15(19)18(16)22-17/h3,6-7,14H,4-5,8-11H2,1-2H3,(H,21,22)/t14-/m1/s1.